The van der Waals surface area contributed by atoms with Gasteiger partial charge in [-0.2, -0.15) is 0 Å². The van der Waals surface area contributed by atoms with E-state index in [0.717, 1.165) is 5.56 Å². The zero-order valence-electron chi connectivity index (χ0n) is 8.87. The highest BCUT2D eigenvalue weighted by atomic mass is 35.5. The van der Waals surface area contributed by atoms with E-state index in [1.54, 1.807) is 25.2 Å². The van der Waals surface area contributed by atoms with Crippen LogP contribution >= 0.6 is 11.6 Å². The summed E-state index contributed by atoms with van der Waals surface area (Å²) < 4.78 is 0. The molecule has 84 valence electrons. The Kier molecular flexibility index (Phi) is 4.54. The van der Waals surface area contributed by atoms with Crippen molar-refractivity contribution in [3.63, 3.8) is 0 Å². The van der Waals surface area contributed by atoms with Crippen LogP contribution in [0, 0.1) is 6.92 Å². The fourth-order valence-corrected chi connectivity index (χ4v) is 1.73. The summed E-state index contributed by atoms with van der Waals surface area (Å²) in [7, 11) is 1.73. The molecule has 0 amide bonds. The minimum atomic E-state index is -0.880. The van der Waals surface area contributed by atoms with Crippen LogP contribution in [0.25, 0.3) is 0 Å². The highest BCUT2D eigenvalue weighted by Gasteiger charge is 2.19. The summed E-state index contributed by atoms with van der Waals surface area (Å²) >= 11 is 5.81. The van der Waals surface area contributed by atoms with Crippen LogP contribution < -0.4 is 5.32 Å². The Labute approximate surface area is 94.7 Å². The molecule has 3 nitrogen and oxygen atoms in total. The van der Waals surface area contributed by atoms with E-state index < -0.39 is 12.2 Å². The van der Waals surface area contributed by atoms with Crippen molar-refractivity contribution in [3.05, 3.63) is 34.3 Å². The molecule has 0 radical (unpaired) electrons. The quantitative estimate of drug-likeness (QED) is 0.729. The predicted molar refractivity (Wildman–Crippen MR) is 61.1 cm³/mol. The van der Waals surface area contributed by atoms with Gasteiger partial charge in [0.25, 0.3) is 0 Å². The number of aliphatic hydroxyl groups excluding tert-OH is 2. The second-order valence-corrected chi connectivity index (χ2v) is 4.01. The van der Waals surface area contributed by atoms with Gasteiger partial charge in [-0.1, -0.05) is 17.7 Å². The van der Waals surface area contributed by atoms with Gasteiger partial charge in [-0.15, -0.1) is 0 Å². The first-order valence-corrected chi connectivity index (χ1v) is 5.21. The van der Waals surface area contributed by atoms with Gasteiger partial charge in [0, 0.05) is 11.6 Å². The Bertz CT molecular complexity index is 330. The molecule has 0 saturated heterocycles. The molecule has 1 aromatic rings. The smallest absolute Gasteiger partial charge is 0.106 e. The molecule has 0 aliphatic rings. The number of hydrogen-bond donors (Lipinski definition) is 3. The minimum absolute atomic E-state index is 0.350. The van der Waals surface area contributed by atoms with Crippen molar-refractivity contribution in [2.45, 2.75) is 19.1 Å². The highest BCUT2D eigenvalue weighted by molar-refractivity contribution is 6.30. The predicted octanol–water partition coefficient (Wildman–Crippen LogP) is 1.26. The second-order valence-electron chi connectivity index (χ2n) is 3.57. The molecular weight excluding hydrogens is 214 g/mol. The fourth-order valence-electron chi connectivity index (χ4n) is 1.50. The molecule has 1 rings (SSSR count). The van der Waals surface area contributed by atoms with Crippen LogP contribution in [0.2, 0.25) is 5.02 Å². The summed E-state index contributed by atoms with van der Waals surface area (Å²) in [5, 5.41) is 22.9. The normalized spacial score (nSPS) is 15.0. The summed E-state index contributed by atoms with van der Waals surface area (Å²) in [6.45, 7) is 2.21. The van der Waals surface area contributed by atoms with Crippen LogP contribution in [0.5, 0.6) is 0 Å². The first-order chi connectivity index (χ1) is 7.06. The third-order valence-electron chi connectivity index (χ3n) is 2.33. The summed E-state index contributed by atoms with van der Waals surface area (Å²) in [4.78, 5) is 0. The molecule has 0 aliphatic carbocycles. The Hall–Kier alpha value is -0.610. The van der Waals surface area contributed by atoms with Gasteiger partial charge >= 0.3 is 0 Å². The monoisotopic (exact) mass is 229 g/mol. The third kappa shape index (κ3) is 3.18. The van der Waals surface area contributed by atoms with Crippen molar-refractivity contribution >= 4 is 11.6 Å². The lowest BCUT2D eigenvalue weighted by Crippen LogP contribution is -2.29. The topological polar surface area (TPSA) is 52.5 Å². The van der Waals surface area contributed by atoms with Gasteiger partial charge in [-0.05, 0) is 37.2 Å². The van der Waals surface area contributed by atoms with Crippen LogP contribution in [0.3, 0.4) is 0 Å². The summed E-state index contributed by atoms with van der Waals surface area (Å²) in [6.07, 6.45) is -1.69. The van der Waals surface area contributed by atoms with Crippen molar-refractivity contribution in [2.24, 2.45) is 0 Å². The van der Waals surface area contributed by atoms with Crippen molar-refractivity contribution in [3.8, 4) is 0 Å². The number of aryl methyl sites for hydroxylation is 1. The van der Waals surface area contributed by atoms with Gasteiger partial charge in [-0.25, -0.2) is 0 Å². The molecule has 0 saturated carbocycles. The number of halogens is 1. The molecule has 3 N–H and O–H groups in total. The van der Waals surface area contributed by atoms with E-state index in [1.165, 1.54) is 0 Å². The average Bonchev–Trinajstić information content (AvgIpc) is 2.17. The van der Waals surface area contributed by atoms with Gasteiger partial charge < -0.3 is 15.5 Å². The van der Waals surface area contributed by atoms with Crippen LogP contribution in [0.4, 0.5) is 0 Å². The largest absolute Gasteiger partial charge is 0.389 e. The molecule has 0 spiro atoms. The van der Waals surface area contributed by atoms with Crippen molar-refractivity contribution < 1.29 is 10.2 Å². The maximum Gasteiger partial charge on any atom is 0.106 e. The Morgan fingerprint density at radius 2 is 2.07 bits per heavy atom. The van der Waals surface area contributed by atoms with Gasteiger partial charge in [0.2, 0.25) is 0 Å². The van der Waals surface area contributed by atoms with E-state index >= 15 is 0 Å². The zero-order valence-corrected chi connectivity index (χ0v) is 9.62. The molecule has 0 heterocycles. The lowest BCUT2D eigenvalue weighted by molar-refractivity contribution is 0.0199. The SMILES string of the molecule is CNCC(O)C(O)c1ccc(Cl)cc1C. The number of benzene rings is 1. The maximum absolute atomic E-state index is 9.86. The first-order valence-electron chi connectivity index (χ1n) is 4.83. The number of aliphatic hydroxyl groups is 2. The van der Waals surface area contributed by atoms with Gasteiger partial charge in [-0.3, -0.25) is 0 Å². The minimum Gasteiger partial charge on any atom is -0.389 e. The van der Waals surface area contributed by atoms with Gasteiger partial charge in [0.15, 0.2) is 0 Å². The van der Waals surface area contributed by atoms with Crippen molar-refractivity contribution in [1.82, 2.24) is 5.32 Å². The Morgan fingerprint density at radius 3 is 2.60 bits per heavy atom. The van der Waals surface area contributed by atoms with Crippen molar-refractivity contribution in [2.75, 3.05) is 13.6 Å². The number of nitrogens with one attached hydrogen (secondary N) is 1. The molecule has 1 aromatic carbocycles. The molecule has 0 fully saturated rings. The van der Waals surface area contributed by atoms with Crippen LogP contribution in [0.1, 0.15) is 17.2 Å². The maximum atomic E-state index is 9.86. The van der Waals surface area contributed by atoms with E-state index in [2.05, 4.69) is 5.32 Å². The van der Waals surface area contributed by atoms with Crippen LogP contribution in [-0.4, -0.2) is 29.9 Å². The number of rotatable bonds is 4. The van der Waals surface area contributed by atoms with Crippen LogP contribution in [-0.2, 0) is 0 Å². The third-order valence-corrected chi connectivity index (χ3v) is 2.56. The average molecular weight is 230 g/mol. The summed E-state index contributed by atoms with van der Waals surface area (Å²) in [5.41, 5.74) is 1.59. The van der Waals surface area contributed by atoms with Gasteiger partial charge in [0.05, 0.1) is 6.10 Å². The van der Waals surface area contributed by atoms with Crippen LogP contribution in [0.15, 0.2) is 18.2 Å². The molecule has 0 aliphatic heterocycles. The zero-order chi connectivity index (χ0) is 11.4. The first kappa shape index (κ1) is 12.5. The Morgan fingerprint density at radius 1 is 1.40 bits per heavy atom. The molecular formula is C11H16ClNO2. The summed E-state index contributed by atoms with van der Waals surface area (Å²) in [6, 6.07) is 5.21. The van der Waals surface area contributed by atoms with E-state index in [4.69, 9.17) is 11.6 Å². The van der Waals surface area contributed by atoms with Gasteiger partial charge in [0.1, 0.15) is 6.10 Å². The second kappa shape index (κ2) is 5.47. The number of hydrogen-bond acceptors (Lipinski definition) is 3. The fraction of sp³-hybridized carbons (Fsp3) is 0.455. The van der Waals surface area contributed by atoms with E-state index in [0.29, 0.717) is 17.1 Å². The lowest BCUT2D eigenvalue weighted by Gasteiger charge is -2.19. The van der Waals surface area contributed by atoms with E-state index in [9.17, 15) is 10.2 Å². The standard InChI is InChI=1S/C11H16ClNO2/c1-7-5-8(12)3-4-9(7)11(15)10(14)6-13-2/h3-5,10-11,13-15H,6H2,1-2H3. The van der Waals surface area contributed by atoms with Crippen molar-refractivity contribution in [1.29, 1.82) is 0 Å². The molecule has 0 bridgehead atoms. The van der Waals surface area contributed by atoms with E-state index in [-0.39, 0.29) is 0 Å². The molecule has 2 unspecified atom stereocenters. The van der Waals surface area contributed by atoms with E-state index in [1.807, 2.05) is 6.92 Å². The molecule has 4 heteroatoms. The lowest BCUT2D eigenvalue weighted by atomic mass is 9.99. The number of likely N-dealkylation sites (N-methyl/N-ethyl adjacent to an activating group) is 1. The molecule has 2 atom stereocenters. The summed E-state index contributed by atoms with van der Waals surface area (Å²) in [5.74, 6) is 0. The highest BCUT2D eigenvalue weighted by Crippen LogP contribution is 2.23. The molecule has 0 aromatic heterocycles. The Balaban J connectivity index is 2.86. The molecule has 15 heavy (non-hydrogen) atoms.